The summed E-state index contributed by atoms with van der Waals surface area (Å²) in [5.41, 5.74) is 0.903. The van der Waals surface area contributed by atoms with Crippen LogP contribution in [0.1, 0.15) is 72.6 Å². The van der Waals surface area contributed by atoms with E-state index in [0.29, 0.717) is 17.3 Å². The van der Waals surface area contributed by atoms with Crippen LogP contribution in [0.4, 0.5) is 0 Å². The molecule has 0 aromatic rings. The van der Waals surface area contributed by atoms with Crippen molar-refractivity contribution in [1.82, 2.24) is 0 Å². The molecule has 1 unspecified atom stereocenters. The van der Waals surface area contributed by atoms with E-state index in [9.17, 15) is 5.11 Å². The minimum Gasteiger partial charge on any atom is -0.389 e. The molecule has 2 fully saturated rings. The molecule has 0 radical (unpaired) electrons. The molecule has 0 bridgehead atoms. The maximum atomic E-state index is 11.7. The van der Waals surface area contributed by atoms with Crippen LogP contribution in [-0.4, -0.2) is 10.7 Å². The highest BCUT2D eigenvalue weighted by Gasteiger charge is 2.60. The normalized spacial score (nSPS) is 42.1. The second kappa shape index (κ2) is 5.57. The quantitative estimate of drug-likeness (QED) is 0.678. The van der Waals surface area contributed by atoms with Gasteiger partial charge in [0.15, 0.2) is 0 Å². The first-order valence-electron chi connectivity index (χ1n) is 8.70. The molecule has 21 heavy (non-hydrogen) atoms. The summed E-state index contributed by atoms with van der Waals surface area (Å²) < 4.78 is 0. The van der Waals surface area contributed by atoms with Crippen LogP contribution < -0.4 is 0 Å². The Bertz CT molecular complexity index is 422. The van der Waals surface area contributed by atoms with Gasteiger partial charge in [0.2, 0.25) is 0 Å². The van der Waals surface area contributed by atoms with E-state index < -0.39 is 5.60 Å². The molecule has 0 aromatic heterocycles. The van der Waals surface area contributed by atoms with Gasteiger partial charge >= 0.3 is 0 Å². The van der Waals surface area contributed by atoms with E-state index in [4.69, 9.17) is 0 Å². The number of rotatable bonds is 4. The zero-order chi connectivity index (χ0) is 15.9. The Morgan fingerprint density at radius 1 is 1.24 bits per heavy atom. The van der Waals surface area contributed by atoms with Crippen molar-refractivity contribution in [1.29, 1.82) is 0 Å². The van der Waals surface area contributed by atoms with Crippen molar-refractivity contribution in [2.24, 2.45) is 22.7 Å². The van der Waals surface area contributed by atoms with E-state index in [2.05, 4.69) is 40.9 Å². The summed E-state index contributed by atoms with van der Waals surface area (Å²) in [6, 6.07) is 0. The molecule has 0 heterocycles. The van der Waals surface area contributed by atoms with Crippen LogP contribution in [0.5, 0.6) is 0 Å². The molecule has 0 aliphatic heterocycles. The molecular formula is C20H34O. The fourth-order valence-corrected chi connectivity index (χ4v) is 5.55. The van der Waals surface area contributed by atoms with Crippen LogP contribution in [0.2, 0.25) is 0 Å². The van der Waals surface area contributed by atoms with E-state index in [1.165, 1.54) is 25.7 Å². The topological polar surface area (TPSA) is 20.2 Å². The highest BCUT2D eigenvalue weighted by molar-refractivity contribution is 5.15. The molecule has 2 aliphatic carbocycles. The molecule has 1 N–H and O–H groups in total. The van der Waals surface area contributed by atoms with Crippen LogP contribution >= 0.6 is 0 Å². The fraction of sp³-hybridized carbons (Fsp3) is 0.800. The van der Waals surface area contributed by atoms with Crippen molar-refractivity contribution in [2.75, 3.05) is 0 Å². The number of aliphatic hydroxyl groups is 1. The number of fused-ring (bicyclic) bond motifs is 1. The third-order valence-electron chi connectivity index (χ3n) is 7.04. The molecule has 4 atom stereocenters. The van der Waals surface area contributed by atoms with Crippen LogP contribution in [0, 0.1) is 22.7 Å². The third kappa shape index (κ3) is 2.63. The SMILES string of the molecule is C=CC(=C)CC[C@@]1(O)[C@H](C)CCC2C(C)(C)CCC[C@@]21C. The zero-order valence-electron chi connectivity index (χ0n) is 14.5. The Kier molecular flexibility index (Phi) is 4.46. The summed E-state index contributed by atoms with van der Waals surface area (Å²) in [5, 5.41) is 11.7. The maximum Gasteiger partial charge on any atom is 0.0732 e. The van der Waals surface area contributed by atoms with Crippen LogP contribution in [-0.2, 0) is 0 Å². The zero-order valence-corrected chi connectivity index (χ0v) is 14.5. The van der Waals surface area contributed by atoms with E-state index in [0.717, 1.165) is 24.8 Å². The van der Waals surface area contributed by atoms with Crippen molar-refractivity contribution in [3.63, 3.8) is 0 Å². The first kappa shape index (κ1) is 16.8. The smallest absolute Gasteiger partial charge is 0.0732 e. The Labute approximate surface area is 131 Å². The van der Waals surface area contributed by atoms with Gasteiger partial charge in [0.05, 0.1) is 5.60 Å². The van der Waals surface area contributed by atoms with Crippen molar-refractivity contribution < 1.29 is 5.11 Å². The van der Waals surface area contributed by atoms with Crippen molar-refractivity contribution in [2.45, 2.75) is 78.2 Å². The minimum absolute atomic E-state index is 0.0495. The lowest BCUT2D eigenvalue weighted by molar-refractivity contribution is -0.211. The molecule has 0 amide bonds. The van der Waals surface area contributed by atoms with Gasteiger partial charge in [-0.1, -0.05) is 58.9 Å². The largest absolute Gasteiger partial charge is 0.389 e. The molecule has 120 valence electrons. The van der Waals surface area contributed by atoms with Crippen molar-refractivity contribution in [3.05, 3.63) is 24.8 Å². The Morgan fingerprint density at radius 3 is 2.52 bits per heavy atom. The van der Waals surface area contributed by atoms with Gasteiger partial charge in [-0.3, -0.25) is 0 Å². The second-order valence-corrected chi connectivity index (χ2v) is 8.58. The minimum atomic E-state index is -0.556. The highest BCUT2D eigenvalue weighted by atomic mass is 16.3. The molecule has 0 saturated heterocycles. The van der Waals surface area contributed by atoms with E-state index in [1.807, 2.05) is 6.08 Å². The van der Waals surface area contributed by atoms with Gasteiger partial charge in [-0.2, -0.15) is 0 Å². The van der Waals surface area contributed by atoms with E-state index in [-0.39, 0.29) is 5.41 Å². The Balaban J connectivity index is 2.32. The highest BCUT2D eigenvalue weighted by Crippen LogP contribution is 2.63. The van der Waals surface area contributed by atoms with Crippen LogP contribution in [0.25, 0.3) is 0 Å². The van der Waals surface area contributed by atoms with Gasteiger partial charge in [0, 0.05) is 0 Å². The van der Waals surface area contributed by atoms with E-state index >= 15 is 0 Å². The maximum absolute atomic E-state index is 11.7. The van der Waals surface area contributed by atoms with Gasteiger partial charge in [-0.05, 0) is 61.2 Å². The first-order valence-corrected chi connectivity index (χ1v) is 8.70. The summed E-state index contributed by atoms with van der Waals surface area (Å²) in [5.74, 6) is 1.02. The second-order valence-electron chi connectivity index (χ2n) is 8.58. The summed E-state index contributed by atoms with van der Waals surface area (Å²) in [6.45, 7) is 17.3. The van der Waals surface area contributed by atoms with Gasteiger partial charge in [-0.25, -0.2) is 0 Å². The number of allylic oxidation sites excluding steroid dienone is 2. The van der Waals surface area contributed by atoms with Gasteiger partial charge < -0.3 is 5.11 Å². The summed E-state index contributed by atoms with van der Waals surface area (Å²) >= 11 is 0. The van der Waals surface area contributed by atoms with Crippen molar-refractivity contribution >= 4 is 0 Å². The molecule has 2 aliphatic rings. The van der Waals surface area contributed by atoms with Gasteiger partial charge in [-0.15, -0.1) is 0 Å². The predicted molar refractivity (Wildman–Crippen MR) is 91.1 cm³/mol. The Morgan fingerprint density at radius 2 is 1.90 bits per heavy atom. The lowest BCUT2D eigenvalue weighted by Gasteiger charge is -2.63. The summed E-state index contributed by atoms with van der Waals surface area (Å²) in [7, 11) is 0. The van der Waals surface area contributed by atoms with Gasteiger partial charge in [0.25, 0.3) is 0 Å². The molecular weight excluding hydrogens is 256 g/mol. The molecule has 2 rings (SSSR count). The molecule has 1 nitrogen and oxygen atoms in total. The predicted octanol–water partition coefficient (Wildman–Crippen LogP) is 5.50. The van der Waals surface area contributed by atoms with Crippen LogP contribution in [0.3, 0.4) is 0 Å². The standard InChI is InChI=1S/C20H34O/c1-7-15(2)11-14-20(21)16(3)9-10-17-18(4,5)12-8-13-19(17,20)6/h7,16-17,21H,1-2,8-14H2,3-6H3/t16-,17?,19+,20-/m1/s1. The molecule has 2 saturated carbocycles. The average molecular weight is 290 g/mol. The lowest BCUT2D eigenvalue weighted by atomic mass is 9.44. The summed E-state index contributed by atoms with van der Waals surface area (Å²) in [4.78, 5) is 0. The average Bonchev–Trinajstić information content (AvgIpc) is 2.41. The molecule has 1 heteroatoms. The monoisotopic (exact) mass is 290 g/mol. The fourth-order valence-electron chi connectivity index (χ4n) is 5.55. The van der Waals surface area contributed by atoms with Crippen LogP contribution in [0.15, 0.2) is 24.8 Å². The third-order valence-corrected chi connectivity index (χ3v) is 7.04. The molecule has 0 aromatic carbocycles. The summed E-state index contributed by atoms with van der Waals surface area (Å²) in [6.07, 6.45) is 9.68. The first-order chi connectivity index (χ1) is 9.67. The lowest BCUT2D eigenvalue weighted by Crippen LogP contribution is -2.62. The molecule has 0 spiro atoms. The number of hydrogen-bond acceptors (Lipinski definition) is 1. The van der Waals surface area contributed by atoms with Gasteiger partial charge in [0.1, 0.15) is 0 Å². The Hall–Kier alpha value is -0.560. The van der Waals surface area contributed by atoms with Crippen molar-refractivity contribution in [3.8, 4) is 0 Å². The number of hydrogen-bond donors (Lipinski definition) is 1. The van der Waals surface area contributed by atoms with E-state index in [1.54, 1.807) is 0 Å².